The summed E-state index contributed by atoms with van der Waals surface area (Å²) < 4.78 is 16.8. The van der Waals surface area contributed by atoms with Crippen LogP contribution in [-0.4, -0.2) is 37.2 Å². The van der Waals surface area contributed by atoms with Gasteiger partial charge in [-0.2, -0.15) is 0 Å². The molecule has 6 heteroatoms. The van der Waals surface area contributed by atoms with E-state index in [9.17, 15) is 14.4 Å². The number of esters is 3. The largest absolute Gasteiger partial charge is 0.462 e. The van der Waals surface area contributed by atoms with Crippen LogP contribution in [0.25, 0.3) is 0 Å². The van der Waals surface area contributed by atoms with Gasteiger partial charge < -0.3 is 14.2 Å². The Balaban J connectivity index is 4.11. The molecule has 0 aliphatic heterocycles. The normalized spacial score (nSPS) is 12.7. The number of carbonyl (C=O) groups excluding carboxylic acids is 3. The average Bonchev–Trinajstić information content (AvgIpc) is 3.43. The minimum atomic E-state index is -0.778. The fourth-order valence-corrected chi connectivity index (χ4v) is 9.18. The van der Waals surface area contributed by atoms with Crippen molar-refractivity contribution < 1.29 is 28.6 Å². The number of carbonyl (C=O) groups is 3. The van der Waals surface area contributed by atoms with E-state index in [4.69, 9.17) is 14.2 Å². The molecule has 0 saturated carbocycles. The maximum Gasteiger partial charge on any atom is 0.306 e. The van der Waals surface area contributed by atoms with E-state index in [0.717, 1.165) is 103 Å². The van der Waals surface area contributed by atoms with E-state index >= 15 is 0 Å². The van der Waals surface area contributed by atoms with Gasteiger partial charge in [0.1, 0.15) is 13.2 Å². The Labute approximate surface area is 477 Å². The molecule has 0 aromatic rings. The smallest absolute Gasteiger partial charge is 0.306 e. The highest BCUT2D eigenvalue weighted by molar-refractivity contribution is 5.71. The molecule has 0 aliphatic carbocycles. The van der Waals surface area contributed by atoms with Crippen LogP contribution in [0.15, 0.2) is 97.2 Å². The number of hydrogen-bond donors (Lipinski definition) is 0. The first-order chi connectivity index (χ1) is 38.0. The van der Waals surface area contributed by atoms with Crippen molar-refractivity contribution in [3.05, 3.63) is 97.2 Å². The van der Waals surface area contributed by atoms with E-state index in [-0.39, 0.29) is 31.1 Å². The van der Waals surface area contributed by atoms with Crippen molar-refractivity contribution in [2.75, 3.05) is 13.2 Å². The number of allylic oxidation sites excluding steroid dienone is 16. The first-order valence-electron chi connectivity index (χ1n) is 32.7. The van der Waals surface area contributed by atoms with Gasteiger partial charge in [0.15, 0.2) is 6.10 Å². The molecule has 0 bridgehead atoms. The Bertz CT molecular complexity index is 1510. The Morgan fingerprint density at radius 1 is 0.273 bits per heavy atom. The zero-order chi connectivity index (χ0) is 55.7. The molecular formula is C71H122O6. The quantitative estimate of drug-likeness (QED) is 0.0261. The van der Waals surface area contributed by atoms with Crippen LogP contribution in [0.3, 0.4) is 0 Å². The maximum absolute atomic E-state index is 12.9. The molecule has 0 heterocycles. The van der Waals surface area contributed by atoms with Crippen molar-refractivity contribution in [2.24, 2.45) is 0 Å². The summed E-state index contributed by atoms with van der Waals surface area (Å²) in [6.45, 7) is 6.49. The molecule has 77 heavy (non-hydrogen) atoms. The Morgan fingerprint density at radius 3 is 0.792 bits per heavy atom. The predicted molar refractivity (Wildman–Crippen MR) is 334 cm³/mol. The van der Waals surface area contributed by atoms with Crippen LogP contribution in [0, 0.1) is 0 Å². The molecule has 0 spiro atoms. The van der Waals surface area contributed by atoms with Gasteiger partial charge in [0.2, 0.25) is 0 Å². The van der Waals surface area contributed by atoms with Gasteiger partial charge in [-0.15, -0.1) is 0 Å². The molecule has 0 aromatic heterocycles. The minimum Gasteiger partial charge on any atom is -0.462 e. The van der Waals surface area contributed by atoms with Gasteiger partial charge in [0, 0.05) is 19.3 Å². The zero-order valence-electron chi connectivity index (χ0n) is 50.7. The minimum absolute atomic E-state index is 0.0770. The summed E-state index contributed by atoms with van der Waals surface area (Å²) >= 11 is 0. The van der Waals surface area contributed by atoms with E-state index in [0.29, 0.717) is 19.3 Å². The van der Waals surface area contributed by atoms with Crippen LogP contribution in [0.2, 0.25) is 0 Å². The second-order valence-corrected chi connectivity index (χ2v) is 21.6. The molecule has 6 nitrogen and oxygen atoms in total. The van der Waals surface area contributed by atoms with Gasteiger partial charge in [-0.3, -0.25) is 14.4 Å². The van der Waals surface area contributed by atoms with Crippen LogP contribution in [0.1, 0.15) is 316 Å². The van der Waals surface area contributed by atoms with Gasteiger partial charge in [-0.05, 0) is 103 Å². The SMILES string of the molecule is CC/C=C\C/C=C\C/C=C\C/C=C\C/C=C\C/C=C\CCCCCCCCCCCCCCC(=O)OCC(COC(=O)CCCCCCCCC)OC(=O)CCCCCCCCCCC/C=C\C/C=C\CCCCCCC. The molecule has 0 aliphatic rings. The highest BCUT2D eigenvalue weighted by atomic mass is 16.6. The topological polar surface area (TPSA) is 78.9 Å². The van der Waals surface area contributed by atoms with Gasteiger partial charge in [0.25, 0.3) is 0 Å². The fourth-order valence-electron chi connectivity index (χ4n) is 9.18. The van der Waals surface area contributed by atoms with Crippen LogP contribution in [-0.2, 0) is 28.6 Å². The molecule has 0 amide bonds. The standard InChI is InChI=1S/C71H122O6/c1-4-7-10-13-16-18-20-22-24-26-28-30-31-32-33-34-35-36-37-38-39-41-42-44-46-48-50-52-55-58-61-64-70(73)76-67-68(66-75-69(72)63-60-57-54-15-12-9-6-3)77-71(74)65-62-59-56-53-51-49-47-45-43-40-29-27-25-23-21-19-17-14-11-8-5-2/h7,10,16,18,21-24,27-30,32-33,35-36,68H,4-6,8-9,11-15,17,19-20,25-26,31,34,37-67H2,1-3H3/b10-7-,18-16-,23-21-,24-22-,29-27-,30-28-,33-32-,36-35-. The van der Waals surface area contributed by atoms with Crippen molar-refractivity contribution in [3.63, 3.8) is 0 Å². The van der Waals surface area contributed by atoms with Crippen molar-refractivity contribution in [1.82, 2.24) is 0 Å². The summed E-state index contributed by atoms with van der Waals surface area (Å²) in [7, 11) is 0. The monoisotopic (exact) mass is 1070 g/mol. The molecular weight excluding hydrogens is 949 g/mol. The van der Waals surface area contributed by atoms with E-state index in [2.05, 4.69) is 118 Å². The summed E-state index contributed by atoms with van der Waals surface area (Å²) in [5.41, 5.74) is 0. The van der Waals surface area contributed by atoms with Crippen molar-refractivity contribution >= 4 is 17.9 Å². The van der Waals surface area contributed by atoms with Gasteiger partial charge in [-0.25, -0.2) is 0 Å². The third kappa shape index (κ3) is 63.0. The third-order valence-corrected chi connectivity index (χ3v) is 14.1. The van der Waals surface area contributed by atoms with Crippen LogP contribution in [0.4, 0.5) is 0 Å². The molecule has 0 fully saturated rings. The number of ether oxygens (including phenoxy) is 3. The summed E-state index contributed by atoms with van der Waals surface area (Å²) in [4.78, 5) is 38.1. The van der Waals surface area contributed by atoms with Gasteiger partial charge in [0.05, 0.1) is 0 Å². The highest BCUT2D eigenvalue weighted by Crippen LogP contribution is 2.16. The first-order valence-corrected chi connectivity index (χ1v) is 32.7. The van der Waals surface area contributed by atoms with Crippen LogP contribution >= 0.6 is 0 Å². The number of unbranched alkanes of at least 4 members (excludes halogenated alkanes) is 32. The van der Waals surface area contributed by atoms with Crippen molar-refractivity contribution in [1.29, 1.82) is 0 Å². The first kappa shape index (κ1) is 73.3. The number of hydrogen-bond acceptors (Lipinski definition) is 6. The lowest BCUT2D eigenvalue weighted by Crippen LogP contribution is -2.30. The second kappa shape index (κ2) is 64.9. The van der Waals surface area contributed by atoms with E-state index in [1.807, 2.05) is 0 Å². The summed E-state index contributed by atoms with van der Waals surface area (Å²) in [6, 6.07) is 0. The Morgan fingerprint density at radius 2 is 0.506 bits per heavy atom. The maximum atomic E-state index is 12.9. The second-order valence-electron chi connectivity index (χ2n) is 21.6. The molecule has 442 valence electrons. The van der Waals surface area contributed by atoms with E-state index in [1.165, 1.54) is 173 Å². The lowest BCUT2D eigenvalue weighted by atomic mass is 10.0. The molecule has 1 unspecified atom stereocenters. The molecule has 0 saturated heterocycles. The summed E-state index contributed by atoms with van der Waals surface area (Å²) in [6.07, 6.45) is 87.3. The molecule has 0 radical (unpaired) electrons. The molecule has 1 atom stereocenters. The van der Waals surface area contributed by atoms with Crippen LogP contribution in [0.5, 0.6) is 0 Å². The zero-order valence-corrected chi connectivity index (χ0v) is 50.7. The number of rotatable bonds is 59. The molecule has 0 aromatic carbocycles. The fraction of sp³-hybridized carbons (Fsp3) is 0.732. The predicted octanol–water partition coefficient (Wildman–Crippen LogP) is 22.4. The Hall–Kier alpha value is -3.67. The lowest BCUT2D eigenvalue weighted by Gasteiger charge is -2.18. The summed E-state index contributed by atoms with van der Waals surface area (Å²) in [5, 5.41) is 0. The van der Waals surface area contributed by atoms with E-state index < -0.39 is 6.10 Å². The third-order valence-electron chi connectivity index (χ3n) is 14.1. The highest BCUT2D eigenvalue weighted by Gasteiger charge is 2.19. The Kier molecular flexibility index (Phi) is 61.8. The van der Waals surface area contributed by atoms with Crippen molar-refractivity contribution in [3.8, 4) is 0 Å². The molecule has 0 rings (SSSR count). The average molecular weight is 1070 g/mol. The van der Waals surface area contributed by atoms with Crippen LogP contribution < -0.4 is 0 Å². The van der Waals surface area contributed by atoms with E-state index in [1.54, 1.807) is 0 Å². The van der Waals surface area contributed by atoms with Crippen molar-refractivity contribution in [2.45, 2.75) is 322 Å². The van der Waals surface area contributed by atoms with Gasteiger partial charge in [-0.1, -0.05) is 291 Å². The summed E-state index contributed by atoms with van der Waals surface area (Å²) in [5.74, 6) is -0.880. The molecule has 0 N–H and O–H groups in total. The van der Waals surface area contributed by atoms with Gasteiger partial charge >= 0.3 is 17.9 Å². The lowest BCUT2D eigenvalue weighted by molar-refractivity contribution is -0.167.